The Morgan fingerprint density at radius 3 is 2.69 bits per heavy atom. The van der Waals surface area contributed by atoms with E-state index < -0.39 is 0 Å². The summed E-state index contributed by atoms with van der Waals surface area (Å²) in [7, 11) is 0. The summed E-state index contributed by atoms with van der Waals surface area (Å²) in [4.78, 5) is 12.3. The third-order valence-electron chi connectivity index (χ3n) is 3.67. The number of halogens is 2. The van der Waals surface area contributed by atoms with Gasteiger partial charge in [-0.15, -0.1) is 5.10 Å². The van der Waals surface area contributed by atoms with Crippen molar-refractivity contribution in [2.45, 2.75) is 19.0 Å². The van der Waals surface area contributed by atoms with E-state index in [1.807, 2.05) is 38.1 Å². The molecular weight excluding hydrogens is 393 g/mol. The van der Waals surface area contributed by atoms with Crippen LogP contribution in [0.1, 0.15) is 11.1 Å². The summed E-state index contributed by atoms with van der Waals surface area (Å²) < 4.78 is 1.61. The highest BCUT2D eigenvalue weighted by molar-refractivity contribution is 7.99. The van der Waals surface area contributed by atoms with Gasteiger partial charge < -0.3 is 5.32 Å². The maximum Gasteiger partial charge on any atom is 0.234 e. The fourth-order valence-electron chi connectivity index (χ4n) is 2.30. The molecule has 9 heteroatoms. The molecule has 0 bridgehead atoms. The van der Waals surface area contributed by atoms with Crippen molar-refractivity contribution in [2.24, 2.45) is 0 Å². The molecule has 0 radical (unpaired) electrons. The summed E-state index contributed by atoms with van der Waals surface area (Å²) in [5.74, 6) is -0.129. The fraction of sp³-hybridized carbons (Fsp3) is 0.176. The Bertz CT molecular complexity index is 960. The highest BCUT2D eigenvalue weighted by Gasteiger charge is 2.15. The zero-order valence-electron chi connectivity index (χ0n) is 14.0. The second kappa shape index (κ2) is 8.07. The lowest BCUT2D eigenvalue weighted by molar-refractivity contribution is -0.113. The molecule has 0 unspecified atom stereocenters. The molecule has 1 aromatic heterocycles. The number of hydrogen-bond acceptors (Lipinski definition) is 5. The molecule has 3 aromatic rings. The zero-order chi connectivity index (χ0) is 18.7. The van der Waals surface area contributed by atoms with E-state index in [0.29, 0.717) is 20.9 Å². The first-order valence-corrected chi connectivity index (χ1v) is 9.43. The Morgan fingerprint density at radius 1 is 1.15 bits per heavy atom. The largest absolute Gasteiger partial charge is 0.323 e. The van der Waals surface area contributed by atoms with Crippen LogP contribution in [-0.2, 0) is 4.79 Å². The van der Waals surface area contributed by atoms with Gasteiger partial charge in [-0.2, -0.15) is 4.68 Å². The van der Waals surface area contributed by atoms with Gasteiger partial charge in [0.15, 0.2) is 0 Å². The number of aryl methyl sites for hydroxylation is 2. The van der Waals surface area contributed by atoms with Crippen LogP contribution in [0.25, 0.3) is 5.69 Å². The number of hydrogen-bond donors (Lipinski definition) is 1. The maximum atomic E-state index is 12.3. The molecule has 1 N–H and O–H groups in total. The zero-order valence-corrected chi connectivity index (χ0v) is 16.4. The Kier molecular flexibility index (Phi) is 5.80. The lowest BCUT2D eigenvalue weighted by Crippen LogP contribution is -2.15. The minimum atomic E-state index is -0.247. The summed E-state index contributed by atoms with van der Waals surface area (Å²) in [5, 5.41) is 15.8. The van der Waals surface area contributed by atoms with Gasteiger partial charge in [0.25, 0.3) is 0 Å². The number of para-hydroxylation sites is 1. The SMILES string of the molecule is Cc1ccccc1-n1nnnc1SCC(=O)Nc1c(Cl)ccc(C)c1Cl. The van der Waals surface area contributed by atoms with Crippen LogP contribution in [-0.4, -0.2) is 31.9 Å². The Morgan fingerprint density at radius 2 is 1.92 bits per heavy atom. The summed E-state index contributed by atoms with van der Waals surface area (Å²) in [6.07, 6.45) is 0. The number of aromatic nitrogens is 4. The molecule has 0 aliphatic heterocycles. The smallest absolute Gasteiger partial charge is 0.234 e. The minimum absolute atomic E-state index is 0.118. The van der Waals surface area contributed by atoms with E-state index in [-0.39, 0.29) is 11.7 Å². The molecule has 0 aliphatic carbocycles. The van der Waals surface area contributed by atoms with Crippen LogP contribution < -0.4 is 5.32 Å². The number of thioether (sulfide) groups is 1. The number of tetrazole rings is 1. The maximum absolute atomic E-state index is 12.3. The molecule has 134 valence electrons. The summed E-state index contributed by atoms with van der Waals surface area (Å²) in [6.45, 7) is 3.82. The summed E-state index contributed by atoms with van der Waals surface area (Å²) in [6, 6.07) is 11.2. The van der Waals surface area contributed by atoms with E-state index >= 15 is 0 Å². The van der Waals surface area contributed by atoms with E-state index in [9.17, 15) is 4.79 Å². The molecule has 26 heavy (non-hydrogen) atoms. The Labute approximate surface area is 164 Å². The topological polar surface area (TPSA) is 72.7 Å². The first-order chi connectivity index (χ1) is 12.5. The lowest BCUT2D eigenvalue weighted by Gasteiger charge is -2.11. The van der Waals surface area contributed by atoms with Gasteiger partial charge in [-0.3, -0.25) is 4.79 Å². The van der Waals surface area contributed by atoms with Crippen LogP contribution in [0.4, 0.5) is 5.69 Å². The van der Waals surface area contributed by atoms with Crippen molar-refractivity contribution in [3.8, 4) is 5.69 Å². The monoisotopic (exact) mass is 407 g/mol. The predicted molar refractivity (Wildman–Crippen MR) is 104 cm³/mol. The lowest BCUT2D eigenvalue weighted by atomic mass is 10.2. The van der Waals surface area contributed by atoms with Crippen molar-refractivity contribution in [3.63, 3.8) is 0 Å². The van der Waals surface area contributed by atoms with E-state index in [1.54, 1.807) is 16.8 Å². The van der Waals surface area contributed by atoms with Gasteiger partial charge in [0.2, 0.25) is 11.1 Å². The Balaban J connectivity index is 1.71. The van der Waals surface area contributed by atoms with Crippen molar-refractivity contribution < 1.29 is 4.79 Å². The standard InChI is InChI=1S/C17H15Cl2N5OS/c1-10-5-3-4-6-13(10)24-17(21-22-23-24)26-9-14(25)20-16-12(18)8-7-11(2)15(16)19/h3-8H,9H2,1-2H3,(H,20,25). The molecule has 0 spiro atoms. The van der Waals surface area contributed by atoms with Gasteiger partial charge in [-0.05, 0) is 47.5 Å². The van der Waals surface area contributed by atoms with Crippen molar-refractivity contribution in [3.05, 3.63) is 57.6 Å². The van der Waals surface area contributed by atoms with Gasteiger partial charge in [0.1, 0.15) is 0 Å². The molecule has 2 aromatic carbocycles. The second-order valence-corrected chi connectivity index (χ2v) is 7.28. The molecular formula is C17H15Cl2N5OS. The molecule has 1 heterocycles. The van der Waals surface area contributed by atoms with Gasteiger partial charge >= 0.3 is 0 Å². The molecule has 0 atom stereocenters. The molecule has 1 amide bonds. The average molecular weight is 408 g/mol. The van der Waals surface area contributed by atoms with Crippen LogP contribution >= 0.6 is 35.0 Å². The highest BCUT2D eigenvalue weighted by Crippen LogP contribution is 2.33. The summed E-state index contributed by atoms with van der Waals surface area (Å²) in [5.41, 5.74) is 3.15. The quantitative estimate of drug-likeness (QED) is 0.637. The number of anilines is 1. The van der Waals surface area contributed by atoms with E-state index in [1.165, 1.54) is 11.8 Å². The first-order valence-electron chi connectivity index (χ1n) is 7.69. The van der Waals surface area contributed by atoms with Gasteiger partial charge in [0.05, 0.1) is 27.2 Å². The summed E-state index contributed by atoms with van der Waals surface area (Å²) >= 11 is 13.6. The molecule has 0 fully saturated rings. The van der Waals surface area contributed by atoms with Crippen molar-refractivity contribution in [2.75, 3.05) is 11.1 Å². The molecule has 3 rings (SSSR count). The molecule has 0 saturated heterocycles. The number of carbonyl (C=O) groups is 1. The number of benzene rings is 2. The first kappa shape index (κ1) is 18.7. The number of amides is 1. The van der Waals surface area contributed by atoms with Gasteiger partial charge in [-0.1, -0.05) is 59.2 Å². The minimum Gasteiger partial charge on any atom is -0.323 e. The van der Waals surface area contributed by atoms with Crippen LogP contribution in [0.3, 0.4) is 0 Å². The fourth-order valence-corrected chi connectivity index (χ4v) is 3.45. The van der Waals surface area contributed by atoms with E-state index in [0.717, 1.165) is 16.8 Å². The van der Waals surface area contributed by atoms with Gasteiger partial charge in [0, 0.05) is 0 Å². The normalized spacial score (nSPS) is 10.8. The number of nitrogens with one attached hydrogen (secondary N) is 1. The van der Waals surface area contributed by atoms with E-state index in [2.05, 4.69) is 20.8 Å². The number of nitrogens with zero attached hydrogens (tertiary/aromatic N) is 4. The van der Waals surface area contributed by atoms with Crippen LogP contribution in [0.5, 0.6) is 0 Å². The molecule has 0 saturated carbocycles. The van der Waals surface area contributed by atoms with Gasteiger partial charge in [-0.25, -0.2) is 0 Å². The second-order valence-electron chi connectivity index (χ2n) is 5.55. The van der Waals surface area contributed by atoms with Crippen molar-refractivity contribution in [1.29, 1.82) is 0 Å². The van der Waals surface area contributed by atoms with Crippen LogP contribution in [0, 0.1) is 13.8 Å². The molecule has 6 nitrogen and oxygen atoms in total. The van der Waals surface area contributed by atoms with Crippen molar-refractivity contribution >= 4 is 46.6 Å². The van der Waals surface area contributed by atoms with Crippen molar-refractivity contribution in [1.82, 2.24) is 20.2 Å². The highest BCUT2D eigenvalue weighted by atomic mass is 35.5. The number of carbonyl (C=O) groups excluding carboxylic acids is 1. The third kappa shape index (κ3) is 4.00. The number of rotatable bonds is 5. The molecule has 0 aliphatic rings. The Hall–Kier alpha value is -2.09. The van der Waals surface area contributed by atoms with E-state index in [4.69, 9.17) is 23.2 Å². The van der Waals surface area contributed by atoms with Crippen LogP contribution in [0.15, 0.2) is 41.6 Å². The van der Waals surface area contributed by atoms with Crippen LogP contribution in [0.2, 0.25) is 10.0 Å². The average Bonchev–Trinajstić information content (AvgIpc) is 3.09. The third-order valence-corrected chi connectivity index (χ3v) is 5.39. The predicted octanol–water partition coefficient (Wildman–Crippen LogP) is 4.32.